The maximum Gasteiger partial charge on any atom is 0.262 e. The lowest BCUT2D eigenvalue weighted by atomic mass is 10.1. The maximum absolute atomic E-state index is 12.1. The molecule has 1 aromatic carbocycles. The molecular weight excluding hydrogens is 234 g/mol. The summed E-state index contributed by atoms with van der Waals surface area (Å²) in [5.74, 6) is -0.488. The summed E-state index contributed by atoms with van der Waals surface area (Å²) in [6, 6.07) is 4.60. The second-order valence-electron chi connectivity index (χ2n) is 4.67. The third-order valence-electron chi connectivity index (χ3n) is 3.43. The number of benzene rings is 1. The van der Waals surface area contributed by atoms with E-state index in [-0.39, 0.29) is 17.6 Å². The fourth-order valence-electron chi connectivity index (χ4n) is 2.53. The Morgan fingerprint density at radius 2 is 1.83 bits per heavy atom. The Morgan fingerprint density at radius 1 is 1.22 bits per heavy atom. The van der Waals surface area contributed by atoms with Crippen LogP contribution in [0.15, 0.2) is 18.2 Å². The molecule has 2 fully saturated rings. The summed E-state index contributed by atoms with van der Waals surface area (Å²) < 4.78 is 5.35. The highest BCUT2D eigenvalue weighted by atomic mass is 16.5. The highest BCUT2D eigenvalue weighted by Gasteiger charge is 2.47. The monoisotopic (exact) mass is 247 g/mol. The van der Waals surface area contributed by atoms with Crippen molar-refractivity contribution in [1.29, 1.82) is 0 Å². The van der Waals surface area contributed by atoms with E-state index in [0.29, 0.717) is 24.1 Å². The average molecular weight is 247 g/mol. The Morgan fingerprint density at radius 3 is 2.39 bits per heavy atom. The van der Waals surface area contributed by atoms with Gasteiger partial charge in [0.2, 0.25) is 0 Å². The SMILES string of the molecule is Cc1cc(O)ccc1N1C(=O)C2CCC(O2)C1=O. The number of fused-ring (bicyclic) bond motifs is 2. The van der Waals surface area contributed by atoms with Gasteiger partial charge in [0.1, 0.15) is 18.0 Å². The molecule has 2 amide bonds. The van der Waals surface area contributed by atoms with Crippen LogP contribution in [0.5, 0.6) is 5.75 Å². The molecule has 2 aliphatic rings. The zero-order valence-electron chi connectivity index (χ0n) is 9.92. The average Bonchev–Trinajstić information content (AvgIpc) is 2.76. The van der Waals surface area contributed by atoms with Gasteiger partial charge in [-0.3, -0.25) is 9.59 Å². The molecule has 2 atom stereocenters. The Labute approximate surface area is 104 Å². The van der Waals surface area contributed by atoms with E-state index < -0.39 is 12.2 Å². The van der Waals surface area contributed by atoms with Gasteiger partial charge in [-0.05, 0) is 43.5 Å². The van der Waals surface area contributed by atoms with Crippen molar-refractivity contribution in [3.63, 3.8) is 0 Å². The van der Waals surface area contributed by atoms with Gasteiger partial charge in [-0.15, -0.1) is 0 Å². The number of anilines is 1. The van der Waals surface area contributed by atoms with E-state index >= 15 is 0 Å². The first kappa shape index (κ1) is 11.2. The molecule has 2 aliphatic heterocycles. The van der Waals surface area contributed by atoms with Crippen molar-refractivity contribution in [2.45, 2.75) is 32.0 Å². The minimum atomic E-state index is -0.499. The first-order valence-corrected chi connectivity index (χ1v) is 5.91. The molecule has 3 rings (SSSR count). The quantitative estimate of drug-likeness (QED) is 0.755. The number of morpholine rings is 1. The van der Waals surface area contributed by atoms with E-state index in [2.05, 4.69) is 0 Å². The Hall–Kier alpha value is -1.88. The predicted molar refractivity (Wildman–Crippen MR) is 63.2 cm³/mol. The minimum absolute atomic E-state index is 0.118. The molecule has 1 aromatic rings. The van der Waals surface area contributed by atoms with Crippen LogP contribution in [0, 0.1) is 6.92 Å². The van der Waals surface area contributed by atoms with E-state index in [4.69, 9.17) is 4.74 Å². The van der Waals surface area contributed by atoms with Crippen molar-refractivity contribution < 1.29 is 19.4 Å². The standard InChI is InChI=1S/C13H13NO4/c1-7-6-8(15)2-3-9(7)14-12(16)10-4-5-11(18-10)13(14)17/h2-3,6,10-11,15H,4-5H2,1H3. The zero-order chi connectivity index (χ0) is 12.9. The molecule has 94 valence electrons. The Bertz CT molecular complexity index is 518. The number of hydrogen-bond acceptors (Lipinski definition) is 4. The molecule has 2 heterocycles. The van der Waals surface area contributed by atoms with E-state index in [0.717, 1.165) is 0 Å². The molecule has 5 nitrogen and oxygen atoms in total. The molecule has 0 radical (unpaired) electrons. The molecule has 0 saturated carbocycles. The first-order valence-electron chi connectivity index (χ1n) is 5.91. The van der Waals surface area contributed by atoms with Crippen LogP contribution >= 0.6 is 0 Å². The number of rotatable bonds is 1. The fourth-order valence-corrected chi connectivity index (χ4v) is 2.53. The minimum Gasteiger partial charge on any atom is -0.508 e. The summed E-state index contributed by atoms with van der Waals surface area (Å²) in [6.07, 6.45) is 0.202. The van der Waals surface area contributed by atoms with Gasteiger partial charge in [-0.25, -0.2) is 4.90 Å². The smallest absolute Gasteiger partial charge is 0.262 e. The fraction of sp³-hybridized carbons (Fsp3) is 0.385. The van der Waals surface area contributed by atoms with Gasteiger partial charge in [0.25, 0.3) is 11.8 Å². The number of nitrogens with zero attached hydrogens (tertiary/aromatic N) is 1. The van der Waals surface area contributed by atoms with Crippen molar-refractivity contribution in [2.24, 2.45) is 0 Å². The molecule has 1 N–H and O–H groups in total. The van der Waals surface area contributed by atoms with Gasteiger partial charge >= 0.3 is 0 Å². The number of hydrogen-bond donors (Lipinski definition) is 1. The predicted octanol–water partition coefficient (Wildman–Crippen LogP) is 1.12. The molecule has 5 heteroatoms. The van der Waals surface area contributed by atoms with Crippen LogP contribution in [0.1, 0.15) is 18.4 Å². The number of carbonyl (C=O) groups excluding carboxylic acids is 2. The third kappa shape index (κ3) is 1.51. The number of phenols is 1. The van der Waals surface area contributed by atoms with Crippen LogP contribution in [-0.4, -0.2) is 29.1 Å². The van der Waals surface area contributed by atoms with Crippen molar-refractivity contribution in [2.75, 3.05) is 4.90 Å². The van der Waals surface area contributed by atoms with Crippen LogP contribution in [0.2, 0.25) is 0 Å². The largest absolute Gasteiger partial charge is 0.508 e. The van der Waals surface area contributed by atoms with E-state index in [9.17, 15) is 14.7 Å². The molecule has 0 aromatic heterocycles. The summed E-state index contributed by atoms with van der Waals surface area (Å²) >= 11 is 0. The number of ether oxygens (including phenoxy) is 1. The van der Waals surface area contributed by atoms with Crippen molar-refractivity contribution in [3.8, 4) is 5.75 Å². The van der Waals surface area contributed by atoms with E-state index in [1.165, 1.54) is 17.0 Å². The number of imide groups is 1. The first-order chi connectivity index (χ1) is 8.58. The third-order valence-corrected chi connectivity index (χ3v) is 3.43. The number of aryl methyl sites for hydroxylation is 1. The van der Waals surface area contributed by atoms with Gasteiger partial charge in [-0.1, -0.05) is 0 Å². The van der Waals surface area contributed by atoms with Gasteiger partial charge in [0.15, 0.2) is 0 Å². The topological polar surface area (TPSA) is 66.8 Å². The molecule has 18 heavy (non-hydrogen) atoms. The lowest BCUT2D eigenvalue weighted by Gasteiger charge is -2.30. The lowest BCUT2D eigenvalue weighted by Crippen LogP contribution is -2.52. The highest BCUT2D eigenvalue weighted by Crippen LogP contribution is 2.33. The maximum atomic E-state index is 12.1. The normalized spacial score (nSPS) is 26.8. The highest BCUT2D eigenvalue weighted by molar-refractivity contribution is 6.20. The molecule has 0 aliphatic carbocycles. The van der Waals surface area contributed by atoms with Crippen LogP contribution in [-0.2, 0) is 14.3 Å². The summed E-state index contributed by atoms with van der Waals surface area (Å²) in [5.41, 5.74) is 1.22. The second kappa shape index (κ2) is 3.81. The van der Waals surface area contributed by atoms with Crippen LogP contribution in [0.3, 0.4) is 0 Å². The summed E-state index contributed by atoms with van der Waals surface area (Å²) in [7, 11) is 0. The number of aromatic hydroxyl groups is 1. The van der Waals surface area contributed by atoms with E-state index in [1.54, 1.807) is 13.0 Å². The van der Waals surface area contributed by atoms with Crippen molar-refractivity contribution in [1.82, 2.24) is 0 Å². The number of phenolic OH excluding ortho intramolecular Hbond substituents is 1. The van der Waals surface area contributed by atoms with Crippen molar-refractivity contribution in [3.05, 3.63) is 23.8 Å². The summed E-state index contributed by atoms with van der Waals surface area (Å²) in [4.78, 5) is 25.5. The summed E-state index contributed by atoms with van der Waals surface area (Å²) in [5, 5.41) is 9.37. The van der Waals surface area contributed by atoms with Gasteiger partial charge in [0, 0.05) is 0 Å². The van der Waals surface area contributed by atoms with Gasteiger partial charge in [0.05, 0.1) is 5.69 Å². The van der Waals surface area contributed by atoms with Crippen molar-refractivity contribution >= 4 is 17.5 Å². The molecule has 2 unspecified atom stereocenters. The Kier molecular flexibility index (Phi) is 2.38. The van der Waals surface area contributed by atoms with Gasteiger partial charge < -0.3 is 9.84 Å². The molecule has 0 spiro atoms. The lowest BCUT2D eigenvalue weighted by molar-refractivity contribution is -0.146. The second-order valence-corrected chi connectivity index (χ2v) is 4.67. The molecule has 2 bridgehead atoms. The number of carbonyl (C=O) groups is 2. The van der Waals surface area contributed by atoms with Gasteiger partial charge in [-0.2, -0.15) is 0 Å². The zero-order valence-corrected chi connectivity index (χ0v) is 9.92. The van der Waals surface area contributed by atoms with E-state index in [1.807, 2.05) is 0 Å². The van der Waals surface area contributed by atoms with Crippen LogP contribution in [0.25, 0.3) is 0 Å². The molecular formula is C13H13NO4. The van der Waals surface area contributed by atoms with Crippen LogP contribution in [0.4, 0.5) is 5.69 Å². The molecule has 2 saturated heterocycles. The van der Waals surface area contributed by atoms with Crippen LogP contribution < -0.4 is 4.90 Å². The summed E-state index contributed by atoms with van der Waals surface area (Å²) in [6.45, 7) is 1.76. The Balaban J connectivity index is 2.05. The number of amides is 2.